The van der Waals surface area contributed by atoms with Crippen LogP contribution in [-0.2, 0) is 4.79 Å². The van der Waals surface area contributed by atoms with Crippen molar-refractivity contribution in [2.45, 2.75) is 12.8 Å². The molecule has 86 valence electrons. The Labute approximate surface area is 94.9 Å². The van der Waals surface area contributed by atoms with Gasteiger partial charge in [-0.05, 0) is 18.2 Å². The summed E-state index contributed by atoms with van der Waals surface area (Å²) in [6.45, 7) is 4.43. The van der Waals surface area contributed by atoms with E-state index in [-0.39, 0.29) is 11.8 Å². The number of rotatable bonds is 3. The van der Waals surface area contributed by atoms with Gasteiger partial charge in [0.2, 0.25) is 0 Å². The first kappa shape index (κ1) is 11.1. The molecule has 1 N–H and O–H groups in total. The summed E-state index contributed by atoms with van der Waals surface area (Å²) in [7, 11) is 0. The van der Waals surface area contributed by atoms with E-state index in [2.05, 4.69) is 16.8 Å². The van der Waals surface area contributed by atoms with Crippen LogP contribution in [0.5, 0.6) is 0 Å². The number of likely N-dealkylation sites (tertiary alicyclic amines) is 1. The van der Waals surface area contributed by atoms with E-state index < -0.39 is 5.97 Å². The fourth-order valence-electron chi connectivity index (χ4n) is 2.33. The minimum absolute atomic E-state index is 0.0751. The van der Waals surface area contributed by atoms with Crippen molar-refractivity contribution in [2.24, 2.45) is 5.92 Å². The van der Waals surface area contributed by atoms with Gasteiger partial charge in [-0.2, -0.15) is 0 Å². The van der Waals surface area contributed by atoms with Crippen molar-refractivity contribution in [3.05, 3.63) is 30.1 Å². The molecule has 16 heavy (non-hydrogen) atoms. The third-order valence-corrected chi connectivity index (χ3v) is 3.27. The zero-order valence-electron chi connectivity index (χ0n) is 9.34. The minimum Gasteiger partial charge on any atom is -0.481 e. The van der Waals surface area contributed by atoms with Gasteiger partial charge >= 0.3 is 5.97 Å². The highest BCUT2D eigenvalue weighted by molar-refractivity contribution is 5.72. The number of carboxylic acid groups (broad SMARTS) is 1. The van der Waals surface area contributed by atoms with Crippen LogP contribution >= 0.6 is 0 Å². The van der Waals surface area contributed by atoms with E-state index >= 15 is 0 Å². The summed E-state index contributed by atoms with van der Waals surface area (Å²) >= 11 is 0. The fourth-order valence-corrected chi connectivity index (χ4v) is 2.33. The summed E-state index contributed by atoms with van der Waals surface area (Å²) in [5, 5.41) is 9.21. The molecule has 4 nitrogen and oxygen atoms in total. The molecule has 0 aliphatic carbocycles. The molecular formula is C12H16N2O2. The van der Waals surface area contributed by atoms with Crippen molar-refractivity contribution in [1.29, 1.82) is 0 Å². The average Bonchev–Trinajstić information content (AvgIpc) is 2.74. The minimum atomic E-state index is -0.704. The first-order valence-electron chi connectivity index (χ1n) is 5.57. The Hall–Kier alpha value is -1.42. The fraction of sp³-hybridized carbons (Fsp3) is 0.500. The summed E-state index contributed by atoms with van der Waals surface area (Å²) in [5.41, 5.74) is 1.03. The highest BCUT2D eigenvalue weighted by atomic mass is 16.4. The topological polar surface area (TPSA) is 53.4 Å². The molecule has 0 aromatic carbocycles. The molecule has 1 aromatic heterocycles. The highest BCUT2D eigenvalue weighted by Crippen LogP contribution is 2.32. The van der Waals surface area contributed by atoms with Gasteiger partial charge < -0.3 is 10.0 Å². The van der Waals surface area contributed by atoms with Crippen LogP contribution < -0.4 is 0 Å². The molecule has 1 aromatic rings. The molecule has 2 heterocycles. The maximum absolute atomic E-state index is 11.2. The number of aromatic nitrogens is 1. The van der Waals surface area contributed by atoms with Crippen LogP contribution in [0.15, 0.2) is 24.5 Å². The largest absolute Gasteiger partial charge is 0.481 e. The van der Waals surface area contributed by atoms with Crippen molar-refractivity contribution in [2.75, 3.05) is 19.6 Å². The van der Waals surface area contributed by atoms with Gasteiger partial charge in [-0.1, -0.05) is 13.0 Å². The second kappa shape index (κ2) is 4.61. The van der Waals surface area contributed by atoms with Crippen molar-refractivity contribution in [3.63, 3.8) is 0 Å². The van der Waals surface area contributed by atoms with E-state index in [9.17, 15) is 9.90 Å². The molecule has 0 radical (unpaired) electrons. The SMILES string of the molecule is CCN1C[C@H](C(=O)O)[C@@H](c2cccnc2)C1. The average molecular weight is 220 g/mol. The summed E-state index contributed by atoms with van der Waals surface area (Å²) < 4.78 is 0. The van der Waals surface area contributed by atoms with Crippen molar-refractivity contribution in [3.8, 4) is 0 Å². The molecule has 2 rings (SSSR count). The maximum Gasteiger partial charge on any atom is 0.308 e. The normalized spacial score (nSPS) is 25.8. The van der Waals surface area contributed by atoms with Gasteiger partial charge in [0.25, 0.3) is 0 Å². The number of carboxylic acids is 1. The smallest absolute Gasteiger partial charge is 0.308 e. The summed E-state index contributed by atoms with van der Waals surface area (Å²) in [6, 6.07) is 3.83. The molecule has 1 aliphatic rings. The molecule has 0 spiro atoms. The Morgan fingerprint density at radius 2 is 2.44 bits per heavy atom. The maximum atomic E-state index is 11.2. The molecular weight excluding hydrogens is 204 g/mol. The van der Waals surface area contributed by atoms with E-state index in [1.165, 1.54) is 0 Å². The third kappa shape index (κ3) is 2.07. The quantitative estimate of drug-likeness (QED) is 0.831. The number of aliphatic carboxylic acids is 1. The second-order valence-corrected chi connectivity index (χ2v) is 4.19. The number of likely N-dealkylation sites (N-methyl/N-ethyl adjacent to an activating group) is 1. The zero-order valence-corrected chi connectivity index (χ0v) is 9.34. The van der Waals surface area contributed by atoms with Gasteiger partial charge in [0, 0.05) is 31.4 Å². The van der Waals surface area contributed by atoms with Gasteiger partial charge in [-0.25, -0.2) is 0 Å². The van der Waals surface area contributed by atoms with Gasteiger partial charge in [-0.15, -0.1) is 0 Å². The van der Waals surface area contributed by atoms with Crippen LogP contribution in [-0.4, -0.2) is 40.6 Å². The predicted molar refractivity (Wildman–Crippen MR) is 60.2 cm³/mol. The molecule has 0 bridgehead atoms. The van der Waals surface area contributed by atoms with Crippen LogP contribution in [0.4, 0.5) is 0 Å². The molecule has 0 unspecified atom stereocenters. The summed E-state index contributed by atoms with van der Waals surface area (Å²) in [4.78, 5) is 17.4. The van der Waals surface area contributed by atoms with E-state index in [4.69, 9.17) is 0 Å². The Bertz CT molecular complexity index is 367. The summed E-state index contributed by atoms with van der Waals surface area (Å²) in [6.07, 6.45) is 3.49. The molecule has 0 saturated carbocycles. The van der Waals surface area contributed by atoms with Crippen LogP contribution in [0.1, 0.15) is 18.4 Å². The van der Waals surface area contributed by atoms with Crippen molar-refractivity contribution >= 4 is 5.97 Å². The van der Waals surface area contributed by atoms with Crippen LogP contribution in [0.3, 0.4) is 0 Å². The van der Waals surface area contributed by atoms with E-state index in [0.717, 1.165) is 18.7 Å². The molecule has 1 saturated heterocycles. The number of carbonyl (C=O) groups is 1. The monoisotopic (exact) mass is 220 g/mol. The number of nitrogens with zero attached hydrogens (tertiary/aromatic N) is 2. The lowest BCUT2D eigenvalue weighted by Gasteiger charge is -2.14. The van der Waals surface area contributed by atoms with E-state index in [1.54, 1.807) is 12.4 Å². The third-order valence-electron chi connectivity index (χ3n) is 3.27. The number of hydrogen-bond donors (Lipinski definition) is 1. The first-order valence-corrected chi connectivity index (χ1v) is 5.57. The van der Waals surface area contributed by atoms with E-state index in [0.29, 0.717) is 6.54 Å². The summed E-state index contributed by atoms with van der Waals surface area (Å²) in [5.74, 6) is -0.930. The molecule has 0 amide bonds. The standard InChI is InChI=1S/C12H16N2O2/c1-2-14-7-10(11(8-14)12(15)16)9-4-3-5-13-6-9/h3-6,10-11H,2,7-8H2,1H3,(H,15,16)/t10-,11+/m1/s1. The predicted octanol–water partition coefficient (Wildman–Crippen LogP) is 1.20. The second-order valence-electron chi connectivity index (χ2n) is 4.19. The Balaban J connectivity index is 2.22. The highest BCUT2D eigenvalue weighted by Gasteiger charge is 2.37. The lowest BCUT2D eigenvalue weighted by Crippen LogP contribution is -2.23. The van der Waals surface area contributed by atoms with Gasteiger partial charge in [0.15, 0.2) is 0 Å². The van der Waals surface area contributed by atoms with E-state index in [1.807, 2.05) is 12.1 Å². The van der Waals surface area contributed by atoms with Gasteiger partial charge in [0.05, 0.1) is 5.92 Å². The van der Waals surface area contributed by atoms with Gasteiger partial charge in [0.1, 0.15) is 0 Å². The Morgan fingerprint density at radius 3 is 3.00 bits per heavy atom. The van der Waals surface area contributed by atoms with Crippen LogP contribution in [0.2, 0.25) is 0 Å². The lowest BCUT2D eigenvalue weighted by molar-refractivity contribution is -0.141. The molecule has 2 atom stereocenters. The number of pyridine rings is 1. The van der Waals surface area contributed by atoms with Crippen LogP contribution in [0.25, 0.3) is 0 Å². The van der Waals surface area contributed by atoms with Crippen molar-refractivity contribution < 1.29 is 9.90 Å². The van der Waals surface area contributed by atoms with Gasteiger partial charge in [-0.3, -0.25) is 9.78 Å². The lowest BCUT2D eigenvalue weighted by atomic mass is 9.90. The molecule has 1 aliphatic heterocycles. The Morgan fingerprint density at radius 1 is 1.62 bits per heavy atom. The molecule has 4 heteroatoms. The van der Waals surface area contributed by atoms with Crippen LogP contribution in [0, 0.1) is 5.92 Å². The first-order chi connectivity index (χ1) is 7.72. The zero-order chi connectivity index (χ0) is 11.5. The Kier molecular flexibility index (Phi) is 3.19. The van der Waals surface area contributed by atoms with Crippen molar-refractivity contribution in [1.82, 2.24) is 9.88 Å². The molecule has 1 fully saturated rings. The number of hydrogen-bond acceptors (Lipinski definition) is 3.